The van der Waals surface area contributed by atoms with E-state index in [0.29, 0.717) is 0 Å². The summed E-state index contributed by atoms with van der Waals surface area (Å²) in [5.41, 5.74) is 9.93. The molecule has 5 heteroatoms. The Morgan fingerprint density at radius 3 is 2.11 bits per heavy atom. The van der Waals surface area contributed by atoms with Crippen molar-refractivity contribution >= 4 is 11.9 Å². The van der Waals surface area contributed by atoms with Crippen molar-refractivity contribution in [2.45, 2.75) is 6.92 Å². The second-order valence-electron chi connectivity index (χ2n) is 1.57. The minimum absolute atomic E-state index is 0.118. The first-order chi connectivity index (χ1) is 4.04. The third-order valence-corrected chi connectivity index (χ3v) is 0.721. The molecule has 0 heterocycles. The van der Waals surface area contributed by atoms with Crippen LogP contribution in [0.15, 0.2) is 5.10 Å². The maximum Gasteiger partial charge on any atom is 0.239 e. The Kier molecular flexibility index (Phi) is 2.50. The summed E-state index contributed by atoms with van der Waals surface area (Å²) in [5, 5.41) is 4.50. The predicted octanol–water partition coefficient (Wildman–Crippen LogP) is -1.35. The number of carbonyl (C=O) groups excluding carboxylic acids is 1. The van der Waals surface area contributed by atoms with Gasteiger partial charge in [-0.25, -0.2) is 5.01 Å². The number of guanidine groups is 1. The standard InChI is InChI=1S/C4H10N4O/c1-3(9)8(2)7-4(5)6/h1-2H3,(H4,5,6,7). The minimum atomic E-state index is -0.205. The van der Waals surface area contributed by atoms with Crippen LogP contribution in [0, 0.1) is 0 Å². The Balaban J connectivity index is 3.91. The summed E-state index contributed by atoms with van der Waals surface area (Å²) in [6.45, 7) is 1.37. The van der Waals surface area contributed by atoms with Crippen molar-refractivity contribution in [3.05, 3.63) is 0 Å². The first-order valence-corrected chi connectivity index (χ1v) is 2.38. The number of hydrogen-bond acceptors (Lipinski definition) is 2. The van der Waals surface area contributed by atoms with Crippen molar-refractivity contribution in [1.29, 1.82) is 0 Å². The monoisotopic (exact) mass is 130 g/mol. The fraction of sp³-hybridized carbons (Fsp3) is 0.500. The largest absolute Gasteiger partial charge is 0.369 e. The Morgan fingerprint density at radius 1 is 1.56 bits per heavy atom. The summed E-state index contributed by atoms with van der Waals surface area (Å²) in [5.74, 6) is -0.323. The third-order valence-electron chi connectivity index (χ3n) is 0.721. The molecule has 0 aliphatic heterocycles. The highest BCUT2D eigenvalue weighted by atomic mass is 16.2. The molecule has 0 aromatic heterocycles. The van der Waals surface area contributed by atoms with Crippen molar-refractivity contribution in [2.75, 3.05) is 7.05 Å². The van der Waals surface area contributed by atoms with Crippen LogP contribution in [-0.2, 0) is 4.79 Å². The van der Waals surface area contributed by atoms with Gasteiger partial charge in [-0.1, -0.05) is 0 Å². The molecule has 0 saturated heterocycles. The summed E-state index contributed by atoms with van der Waals surface area (Å²) >= 11 is 0. The number of nitrogens with two attached hydrogens (primary N) is 2. The van der Waals surface area contributed by atoms with E-state index in [4.69, 9.17) is 11.5 Å². The van der Waals surface area contributed by atoms with E-state index < -0.39 is 0 Å². The van der Waals surface area contributed by atoms with Crippen LogP contribution in [0.5, 0.6) is 0 Å². The molecule has 9 heavy (non-hydrogen) atoms. The number of nitrogens with zero attached hydrogens (tertiary/aromatic N) is 2. The molecule has 0 aromatic rings. The van der Waals surface area contributed by atoms with Crippen LogP contribution >= 0.6 is 0 Å². The molecule has 0 unspecified atom stereocenters. The van der Waals surface area contributed by atoms with Gasteiger partial charge < -0.3 is 11.5 Å². The zero-order valence-electron chi connectivity index (χ0n) is 5.46. The van der Waals surface area contributed by atoms with Crippen molar-refractivity contribution in [1.82, 2.24) is 5.01 Å². The highest BCUT2D eigenvalue weighted by Crippen LogP contribution is 1.80. The molecule has 0 fully saturated rings. The lowest BCUT2D eigenvalue weighted by atomic mass is 10.7. The number of amides is 1. The second-order valence-corrected chi connectivity index (χ2v) is 1.57. The van der Waals surface area contributed by atoms with Crippen molar-refractivity contribution < 1.29 is 4.79 Å². The molecule has 0 aliphatic rings. The van der Waals surface area contributed by atoms with Crippen LogP contribution in [0.1, 0.15) is 6.92 Å². The van der Waals surface area contributed by atoms with Crippen LogP contribution in [0.2, 0.25) is 0 Å². The number of hydrogen-bond donors (Lipinski definition) is 2. The van der Waals surface area contributed by atoms with Gasteiger partial charge in [-0.05, 0) is 0 Å². The van der Waals surface area contributed by atoms with E-state index in [1.807, 2.05) is 0 Å². The van der Waals surface area contributed by atoms with Gasteiger partial charge in [0.25, 0.3) is 0 Å². The van der Waals surface area contributed by atoms with Gasteiger partial charge in [0.05, 0.1) is 0 Å². The van der Waals surface area contributed by atoms with Crippen LogP contribution in [0.4, 0.5) is 0 Å². The Labute approximate surface area is 53.3 Å². The molecule has 0 atom stereocenters. The van der Waals surface area contributed by atoms with Crippen LogP contribution in [0.3, 0.4) is 0 Å². The molecule has 1 amide bonds. The van der Waals surface area contributed by atoms with E-state index in [0.717, 1.165) is 5.01 Å². The topological polar surface area (TPSA) is 84.7 Å². The van der Waals surface area contributed by atoms with Gasteiger partial charge in [0.2, 0.25) is 11.9 Å². The van der Waals surface area contributed by atoms with Crippen molar-refractivity contribution in [2.24, 2.45) is 16.6 Å². The van der Waals surface area contributed by atoms with E-state index in [1.165, 1.54) is 14.0 Å². The lowest BCUT2D eigenvalue weighted by Crippen LogP contribution is -2.29. The van der Waals surface area contributed by atoms with E-state index in [-0.39, 0.29) is 11.9 Å². The van der Waals surface area contributed by atoms with Gasteiger partial charge in [0, 0.05) is 14.0 Å². The molecule has 0 rings (SSSR count). The van der Waals surface area contributed by atoms with Gasteiger partial charge in [-0.2, -0.15) is 0 Å². The number of hydrazone groups is 1. The SMILES string of the molecule is CC(=O)N(C)N=C(N)N. The second kappa shape index (κ2) is 2.91. The fourth-order valence-corrected chi connectivity index (χ4v) is 0.244. The maximum atomic E-state index is 10.4. The highest BCUT2D eigenvalue weighted by Gasteiger charge is 1.96. The molecular formula is C4H10N4O. The Bertz CT molecular complexity index is 138. The van der Waals surface area contributed by atoms with Gasteiger partial charge in [-0.15, -0.1) is 5.10 Å². The minimum Gasteiger partial charge on any atom is -0.369 e. The summed E-state index contributed by atoms with van der Waals surface area (Å²) in [4.78, 5) is 10.4. The van der Waals surface area contributed by atoms with Crippen molar-refractivity contribution in [3.8, 4) is 0 Å². The highest BCUT2D eigenvalue weighted by molar-refractivity contribution is 5.79. The maximum absolute atomic E-state index is 10.4. The van der Waals surface area contributed by atoms with Gasteiger partial charge >= 0.3 is 0 Å². The summed E-state index contributed by atoms with van der Waals surface area (Å²) < 4.78 is 0. The van der Waals surface area contributed by atoms with Crippen LogP contribution < -0.4 is 11.5 Å². The smallest absolute Gasteiger partial charge is 0.239 e. The van der Waals surface area contributed by atoms with E-state index in [1.54, 1.807) is 0 Å². The Hall–Kier alpha value is -1.26. The summed E-state index contributed by atoms with van der Waals surface area (Å²) in [6, 6.07) is 0. The quantitative estimate of drug-likeness (QED) is 0.261. The summed E-state index contributed by atoms with van der Waals surface area (Å²) in [7, 11) is 1.47. The first-order valence-electron chi connectivity index (χ1n) is 2.38. The number of carbonyl (C=O) groups is 1. The zero-order chi connectivity index (χ0) is 7.44. The number of rotatable bonds is 1. The van der Waals surface area contributed by atoms with Crippen LogP contribution in [-0.4, -0.2) is 23.9 Å². The van der Waals surface area contributed by atoms with E-state index >= 15 is 0 Å². The zero-order valence-corrected chi connectivity index (χ0v) is 5.46. The molecule has 5 nitrogen and oxygen atoms in total. The molecule has 0 saturated carbocycles. The first kappa shape index (κ1) is 7.74. The van der Waals surface area contributed by atoms with E-state index in [9.17, 15) is 4.79 Å². The lowest BCUT2D eigenvalue weighted by Gasteiger charge is -2.05. The predicted molar refractivity (Wildman–Crippen MR) is 34.3 cm³/mol. The molecule has 0 spiro atoms. The normalized spacial score (nSPS) is 8.22. The molecular weight excluding hydrogens is 120 g/mol. The summed E-state index contributed by atoms with van der Waals surface area (Å²) in [6.07, 6.45) is 0. The molecule has 0 aliphatic carbocycles. The molecule has 0 bridgehead atoms. The average molecular weight is 130 g/mol. The van der Waals surface area contributed by atoms with E-state index in [2.05, 4.69) is 5.10 Å². The average Bonchev–Trinajstić information content (AvgIpc) is 1.63. The molecule has 0 radical (unpaired) electrons. The third kappa shape index (κ3) is 3.33. The van der Waals surface area contributed by atoms with Gasteiger partial charge in [0.15, 0.2) is 0 Å². The molecule has 4 N–H and O–H groups in total. The van der Waals surface area contributed by atoms with Crippen LogP contribution in [0.25, 0.3) is 0 Å². The fourth-order valence-electron chi connectivity index (χ4n) is 0.244. The van der Waals surface area contributed by atoms with Gasteiger partial charge in [0.1, 0.15) is 0 Å². The Morgan fingerprint density at radius 2 is 2.00 bits per heavy atom. The van der Waals surface area contributed by atoms with Crippen molar-refractivity contribution in [3.63, 3.8) is 0 Å². The lowest BCUT2D eigenvalue weighted by molar-refractivity contribution is -0.127. The molecule has 0 aromatic carbocycles. The van der Waals surface area contributed by atoms with Gasteiger partial charge in [-0.3, -0.25) is 4.79 Å². The molecule has 52 valence electrons.